The minimum Gasteiger partial charge on any atom is -0.365 e. The molecule has 0 spiro atoms. The predicted molar refractivity (Wildman–Crippen MR) is 617 cm³/mol. The van der Waals surface area contributed by atoms with Gasteiger partial charge in [0.2, 0.25) is 0 Å². The van der Waals surface area contributed by atoms with Gasteiger partial charge >= 0.3 is 63.2 Å². The molecule has 0 amide bonds. The van der Waals surface area contributed by atoms with E-state index in [9.17, 15) is 0 Å². The topological polar surface area (TPSA) is 3.24 Å². The van der Waals surface area contributed by atoms with Crippen LogP contribution in [0.1, 0.15) is 253 Å². The number of hydrogen-bond donors (Lipinski definition) is 0. The molecule has 3 aliphatic carbocycles. The van der Waals surface area contributed by atoms with E-state index in [-0.39, 0.29) is 79.4 Å². The van der Waals surface area contributed by atoms with E-state index in [0.717, 1.165) is 70.2 Å². The third-order valence-electron chi connectivity index (χ3n) is 27.3. The summed E-state index contributed by atoms with van der Waals surface area (Å²) in [5.41, 5.74) is 22.8. The number of hydrogen-bond acceptors (Lipinski definition) is 4. The molecule has 3 heterocycles. The number of anilines is 3. The van der Waals surface area contributed by atoms with Crippen LogP contribution in [0.4, 0.5) is 17.1 Å². The molecular weight excluding hydrogens is 2360 g/mol. The maximum Gasteiger partial charge on any atom is 2.00 e. The summed E-state index contributed by atoms with van der Waals surface area (Å²) in [6, 6.07) is 92.9. The van der Waals surface area contributed by atoms with E-state index in [1.54, 1.807) is 34.0 Å². The summed E-state index contributed by atoms with van der Waals surface area (Å²) in [4.78, 5) is 8.60. The second-order valence-corrected chi connectivity index (χ2v) is 55.7. The van der Waals surface area contributed by atoms with Crippen molar-refractivity contribution in [2.24, 2.45) is 0 Å². The molecule has 0 aliphatic heterocycles. The van der Waals surface area contributed by atoms with Gasteiger partial charge in [0.05, 0.1) is 0 Å². The average Bonchev–Trinajstić information content (AvgIpc) is 1.55. The summed E-state index contributed by atoms with van der Waals surface area (Å²) >= 11 is 4.88. The van der Waals surface area contributed by atoms with E-state index in [0.29, 0.717) is 47.5 Å². The Balaban J connectivity index is 0.000000604. The Labute approximate surface area is 894 Å². The van der Waals surface area contributed by atoms with Crippen LogP contribution in [-0.2, 0) is 79.4 Å². The number of rotatable bonds is 30. The van der Waals surface area contributed by atoms with Crippen molar-refractivity contribution in [1.82, 2.24) is 0 Å². The summed E-state index contributed by atoms with van der Waals surface area (Å²) in [6.07, 6.45) is 54.7. The van der Waals surface area contributed by atoms with Crippen LogP contribution in [0.15, 0.2) is 237 Å². The first-order valence-electron chi connectivity index (χ1n) is 50.1. The molecule has 0 N–H and O–H groups in total. The van der Waals surface area contributed by atoms with Crippen molar-refractivity contribution in [3.05, 3.63) is 322 Å². The maximum absolute atomic E-state index is 7.77. The molecule has 0 unspecified atom stereocenters. The predicted octanol–water partition coefficient (Wildman–Crippen LogP) is 39.0. The first-order chi connectivity index (χ1) is 64.7. The van der Waals surface area contributed by atoms with Crippen molar-refractivity contribution in [2.45, 2.75) is 221 Å². The summed E-state index contributed by atoms with van der Waals surface area (Å²) in [5.74, 6) is 7.79. The third kappa shape index (κ3) is 33.9. The molecule has 0 fully saturated rings. The van der Waals surface area contributed by atoms with Crippen LogP contribution in [-0.4, -0.2) is 111 Å². The minimum atomic E-state index is -0.177. The zero-order valence-electron chi connectivity index (χ0n) is 86.8. The van der Waals surface area contributed by atoms with Gasteiger partial charge in [0.25, 0.3) is 0 Å². The second kappa shape index (κ2) is 68.4. The van der Waals surface area contributed by atoms with E-state index in [4.69, 9.17) is 19.3 Å². The summed E-state index contributed by atoms with van der Waals surface area (Å²) in [7, 11) is 2.68. The minimum absolute atomic E-state index is 0. The summed E-state index contributed by atoms with van der Waals surface area (Å²) < 4.78 is 0. The van der Waals surface area contributed by atoms with Crippen molar-refractivity contribution in [3.63, 3.8) is 0 Å². The number of nitrogens with zero attached hydrogens (tertiary/aromatic N) is 1. The van der Waals surface area contributed by atoms with Crippen molar-refractivity contribution in [2.75, 3.05) is 116 Å². The van der Waals surface area contributed by atoms with Gasteiger partial charge in [-0.2, -0.15) is 109 Å². The van der Waals surface area contributed by atoms with Crippen LogP contribution in [0.2, 0.25) is 0 Å². The smallest absolute Gasteiger partial charge is 0.365 e. The van der Waals surface area contributed by atoms with Crippen LogP contribution < -0.4 is 4.90 Å². The first-order valence-corrected chi connectivity index (χ1v) is 63.9. The Hall–Kier alpha value is -4.80. The number of benzene rings is 9. The van der Waals surface area contributed by atoms with Crippen molar-refractivity contribution in [1.29, 1.82) is 0 Å². The Kier molecular flexibility index (Phi) is 63.1. The Morgan fingerprint density at radius 3 is 0.544 bits per heavy atom. The molecule has 13 heteroatoms. The molecule has 1 nitrogen and oxygen atoms in total. The second-order valence-electron chi connectivity index (χ2n) is 33.0. The fourth-order valence-corrected chi connectivity index (χ4v) is 29.0. The Bertz CT molecular complexity index is 4710. The van der Waals surface area contributed by atoms with Crippen LogP contribution in [0.25, 0.3) is 64.7 Å². The molecule has 0 atom stereocenters. The third-order valence-corrected chi connectivity index (χ3v) is 46.6. The molecular formula is C123H159NP6Pt3S3. The van der Waals surface area contributed by atoms with Gasteiger partial charge in [-0.1, -0.05) is 254 Å². The van der Waals surface area contributed by atoms with E-state index >= 15 is 0 Å². The quantitative estimate of drug-likeness (QED) is 0.0246. The molecule has 136 heavy (non-hydrogen) atoms. The van der Waals surface area contributed by atoms with Gasteiger partial charge in [0.15, 0.2) is 0 Å². The summed E-state index contributed by atoms with van der Waals surface area (Å²) in [5, 5.41) is 0. The monoisotopic (exact) mass is 2520 g/mol. The van der Waals surface area contributed by atoms with Gasteiger partial charge in [-0.3, -0.25) is 17.8 Å². The first kappa shape index (κ1) is 125. The summed E-state index contributed by atoms with van der Waals surface area (Å²) in [6.45, 7) is 55.4. The Morgan fingerprint density at radius 1 is 0.235 bits per heavy atom. The van der Waals surface area contributed by atoms with E-state index in [1.165, 1.54) is 209 Å². The maximum atomic E-state index is 7.77. The zero-order valence-corrected chi connectivity index (χ0v) is 101. The van der Waals surface area contributed by atoms with Crippen LogP contribution >= 0.6 is 81.5 Å². The number of fused-ring (bicyclic) bond motifs is 9. The fraction of sp³-hybridized carbons (Fsp3) is 0.415. The standard InChI is InChI=1S/C69H54NS3.6C6H15P.3C6H5.3Pt/c1-10-49-25-34-64(71-49)43-19-28-52-55-31-22-46(40-61(55)67(13-4,14-5)58(52)37-43)70(47-23-32-56-53-29-20-44(65-35-26-50(11-2)72-65)38-59(53)68(15-6,16-7)62(56)41-47)48-24-33-57-54-30-21-45(66-36-27-51(12-3)73-66)39-60(54)69(17-8,18-9)63(57)42-48;6*1-4-7(5-2)6-3;3*1-2-4-6-5-3-1;;;/h19-42H,13-18H2,4-9H3;6*4-6H2,1-3H3;3*1-5H;;;/q-3;;;;;;;3*-1;3*+2. The fourth-order valence-electron chi connectivity index (χ4n) is 18.5. The molecule has 0 radical (unpaired) electrons. The molecule has 3 aliphatic rings. The average molecular weight is 2520 g/mol. The molecule has 3 aromatic heterocycles. The van der Waals surface area contributed by atoms with Crippen molar-refractivity contribution >= 4 is 98.6 Å². The SMILES string of the molecule is CCP(CC)CC.CCP(CC)CC.CCP(CC)CC.CCP(CC)CC.CCP(CC)CC.CCP(CC)CC.[C-]#Cc1ccc(-c2ccc3c(c2)C(CC)(CC)c2cc(N(c4ccc5c(c4)C(CC)(CC)c4cc(-c6ccc(C#[C-])s6)ccc4-5)c4ccc5c(c4)C(CC)(CC)c4cc(-c6ccc(C#[C-])s6)ccc4-5)ccc2-3)s1.[Pt+2].[Pt+2].[Pt+2].[c-]1ccccc1.[c-]1ccccc1.[c-]1ccccc1. The van der Waals surface area contributed by atoms with E-state index in [2.05, 4.69) is 334 Å². The van der Waals surface area contributed by atoms with Gasteiger partial charge in [0, 0.05) is 47.9 Å². The van der Waals surface area contributed by atoms with Gasteiger partial charge in [-0.15, -0.1) is 65.7 Å². The zero-order chi connectivity index (χ0) is 97.3. The molecule has 0 saturated carbocycles. The molecule has 12 aromatic rings. The van der Waals surface area contributed by atoms with Crippen molar-refractivity contribution < 1.29 is 63.2 Å². The number of thiophene rings is 3. The van der Waals surface area contributed by atoms with Gasteiger partial charge in [-0.05, 0) is 287 Å². The normalized spacial score (nSPS) is 12.0. The molecule has 15 rings (SSSR count). The van der Waals surface area contributed by atoms with Gasteiger partial charge < -0.3 is 24.2 Å². The van der Waals surface area contributed by atoms with Gasteiger partial charge in [0.1, 0.15) is 0 Å². The van der Waals surface area contributed by atoms with E-state index < -0.39 is 0 Å². The van der Waals surface area contributed by atoms with Crippen LogP contribution in [0, 0.1) is 55.2 Å². The molecule has 0 saturated heterocycles. The van der Waals surface area contributed by atoms with Gasteiger partial charge in [-0.25, -0.2) is 34.0 Å². The van der Waals surface area contributed by atoms with E-state index in [1.807, 2.05) is 109 Å². The largest absolute Gasteiger partial charge is 2.00 e. The Morgan fingerprint density at radius 2 is 0.412 bits per heavy atom. The molecule has 734 valence electrons. The molecule has 9 aromatic carbocycles. The van der Waals surface area contributed by atoms with Crippen LogP contribution in [0.5, 0.6) is 0 Å². The van der Waals surface area contributed by atoms with Crippen molar-refractivity contribution in [3.8, 4) is 82.5 Å². The van der Waals surface area contributed by atoms with Crippen LogP contribution in [0.3, 0.4) is 0 Å². The molecule has 0 bridgehead atoms.